The number of carboxylic acid groups (broad SMARTS) is 1. The van der Waals surface area contributed by atoms with Gasteiger partial charge >= 0.3 is 5.97 Å². The maximum atomic E-state index is 10.8. The van der Waals surface area contributed by atoms with Crippen molar-refractivity contribution >= 4 is 28.7 Å². The molecule has 0 spiro atoms. The third-order valence-electron chi connectivity index (χ3n) is 2.75. The van der Waals surface area contributed by atoms with Gasteiger partial charge in [-0.05, 0) is 56.2 Å². The Bertz CT molecular complexity index is 654. The van der Waals surface area contributed by atoms with Crippen molar-refractivity contribution in [2.75, 3.05) is 5.43 Å². The van der Waals surface area contributed by atoms with E-state index < -0.39 is 5.97 Å². The summed E-state index contributed by atoms with van der Waals surface area (Å²) in [6.45, 7) is 5.92. The Hall–Kier alpha value is -2.14. The van der Waals surface area contributed by atoms with Gasteiger partial charge in [-0.3, -0.25) is 5.43 Å². The normalized spacial score (nSPS) is 11.4. The number of carboxylic acids is 1. The fraction of sp³-hybridized carbons (Fsp3) is 0.200. The summed E-state index contributed by atoms with van der Waals surface area (Å²) in [6, 6.07) is 9.50. The SMILES string of the molecule is C/C(=N/Nc1cc(C)cc(C)c1)c1ccc(C(=O)O)s1. The third kappa shape index (κ3) is 3.45. The molecule has 0 bridgehead atoms. The maximum Gasteiger partial charge on any atom is 0.345 e. The zero-order valence-electron chi connectivity index (χ0n) is 11.6. The van der Waals surface area contributed by atoms with Gasteiger partial charge in [-0.25, -0.2) is 4.79 Å². The molecule has 20 heavy (non-hydrogen) atoms. The van der Waals surface area contributed by atoms with Crippen LogP contribution < -0.4 is 5.43 Å². The van der Waals surface area contributed by atoms with Crippen LogP contribution in [0.5, 0.6) is 0 Å². The number of thiophene rings is 1. The first-order valence-corrected chi connectivity index (χ1v) is 6.99. The van der Waals surface area contributed by atoms with Crippen LogP contribution >= 0.6 is 11.3 Å². The smallest absolute Gasteiger partial charge is 0.345 e. The van der Waals surface area contributed by atoms with E-state index in [1.807, 2.05) is 32.9 Å². The quantitative estimate of drug-likeness (QED) is 0.662. The predicted octanol–water partition coefficient (Wildman–Crippen LogP) is 3.90. The second kappa shape index (κ2) is 5.88. The van der Waals surface area contributed by atoms with E-state index in [1.54, 1.807) is 12.1 Å². The van der Waals surface area contributed by atoms with Gasteiger partial charge in [0.2, 0.25) is 0 Å². The van der Waals surface area contributed by atoms with Crippen LogP contribution in [-0.4, -0.2) is 16.8 Å². The molecule has 0 aliphatic carbocycles. The molecular formula is C15H16N2O2S. The van der Waals surface area contributed by atoms with Crippen molar-refractivity contribution in [2.24, 2.45) is 5.10 Å². The van der Waals surface area contributed by atoms with Crippen LogP contribution in [0.2, 0.25) is 0 Å². The second-order valence-electron chi connectivity index (χ2n) is 4.65. The molecule has 0 aliphatic rings. The van der Waals surface area contributed by atoms with E-state index in [-0.39, 0.29) is 0 Å². The summed E-state index contributed by atoms with van der Waals surface area (Å²) in [6.07, 6.45) is 0. The van der Waals surface area contributed by atoms with Gasteiger partial charge in [-0.2, -0.15) is 5.10 Å². The summed E-state index contributed by atoms with van der Waals surface area (Å²) in [5.41, 5.74) is 7.05. The van der Waals surface area contributed by atoms with Crippen LogP contribution in [0.4, 0.5) is 5.69 Å². The molecule has 0 atom stereocenters. The number of aromatic carboxylic acids is 1. The molecule has 4 nitrogen and oxygen atoms in total. The highest BCUT2D eigenvalue weighted by Crippen LogP contribution is 2.18. The van der Waals surface area contributed by atoms with Gasteiger partial charge in [0.15, 0.2) is 0 Å². The minimum Gasteiger partial charge on any atom is -0.477 e. The van der Waals surface area contributed by atoms with Gasteiger partial charge in [0.25, 0.3) is 0 Å². The first kappa shape index (κ1) is 14.3. The summed E-state index contributed by atoms with van der Waals surface area (Å²) in [5.74, 6) is -0.906. The standard InChI is InChI=1S/C15H16N2O2S/c1-9-6-10(2)8-12(7-9)17-16-11(3)13-4-5-14(20-13)15(18)19/h4-8,17H,1-3H3,(H,18,19)/b16-11-. The fourth-order valence-corrected chi connectivity index (χ4v) is 2.68. The highest BCUT2D eigenvalue weighted by Gasteiger charge is 2.08. The Morgan fingerprint density at radius 1 is 1.15 bits per heavy atom. The zero-order valence-corrected chi connectivity index (χ0v) is 12.4. The number of carbonyl (C=O) groups is 1. The Morgan fingerprint density at radius 2 is 1.75 bits per heavy atom. The van der Waals surface area contributed by atoms with Gasteiger partial charge < -0.3 is 5.11 Å². The van der Waals surface area contributed by atoms with Crippen molar-refractivity contribution in [3.05, 3.63) is 51.2 Å². The van der Waals surface area contributed by atoms with Gasteiger partial charge in [0.1, 0.15) is 4.88 Å². The van der Waals surface area contributed by atoms with E-state index in [4.69, 9.17) is 5.11 Å². The van der Waals surface area contributed by atoms with E-state index in [9.17, 15) is 4.79 Å². The van der Waals surface area contributed by atoms with Crippen LogP contribution in [0.3, 0.4) is 0 Å². The number of benzene rings is 1. The number of nitrogens with one attached hydrogen (secondary N) is 1. The summed E-state index contributed by atoms with van der Waals surface area (Å²) >= 11 is 1.22. The fourth-order valence-electron chi connectivity index (χ4n) is 1.89. The number of hydrogen-bond acceptors (Lipinski definition) is 4. The molecule has 2 N–H and O–H groups in total. The number of aryl methyl sites for hydroxylation is 2. The first-order chi connectivity index (χ1) is 9.45. The molecule has 0 unspecified atom stereocenters. The van der Waals surface area contributed by atoms with Gasteiger partial charge in [-0.15, -0.1) is 11.3 Å². The predicted molar refractivity (Wildman–Crippen MR) is 83.0 cm³/mol. The van der Waals surface area contributed by atoms with Crippen LogP contribution in [0.1, 0.15) is 32.6 Å². The number of hydrazone groups is 1. The zero-order chi connectivity index (χ0) is 14.7. The molecule has 104 valence electrons. The van der Waals surface area contributed by atoms with E-state index in [0.717, 1.165) is 16.3 Å². The van der Waals surface area contributed by atoms with Crippen LogP contribution in [0.15, 0.2) is 35.4 Å². The lowest BCUT2D eigenvalue weighted by atomic mass is 10.1. The van der Waals surface area contributed by atoms with Gasteiger partial charge in [0.05, 0.1) is 16.3 Å². The molecular weight excluding hydrogens is 272 g/mol. The number of anilines is 1. The topological polar surface area (TPSA) is 61.7 Å². The molecule has 0 amide bonds. The maximum absolute atomic E-state index is 10.8. The summed E-state index contributed by atoms with van der Waals surface area (Å²) in [5, 5.41) is 13.2. The molecule has 2 aromatic rings. The molecule has 2 rings (SSSR count). The molecule has 0 fully saturated rings. The highest BCUT2D eigenvalue weighted by molar-refractivity contribution is 7.15. The molecule has 0 saturated heterocycles. The van der Waals surface area contributed by atoms with E-state index in [0.29, 0.717) is 4.88 Å². The van der Waals surface area contributed by atoms with Crippen molar-refractivity contribution in [3.63, 3.8) is 0 Å². The number of hydrogen-bond donors (Lipinski definition) is 2. The van der Waals surface area contributed by atoms with Crippen molar-refractivity contribution in [2.45, 2.75) is 20.8 Å². The van der Waals surface area contributed by atoms with E-state index >= 15 is 0 Å². The van der Waals surface area contributed by atoms with Gasteiger partial charge in [0, 0.05) is 0 Å². The molecule has 5 heteroatoms. The molecule has 1 aromatic carbocycles. The lowest BCUT2D eigenvalue weighted by Crippen LogP contribution is -1.98. The first-order valence-electron chi connectivity index (χ1n) is 6.18. The summed E-state index contributed by atoms with van der Waals surface area (Å²) in [4.78, 5) is 12.0. The summed E-state index contributed by atoms with van der Waals surface area (Å²) < 4.78 is 0. The molecule has 1 aromatic heterocycles. The summed E-state index contributed by atoms with van der Waals surface area (Å²) in [7, 11) is 0. The second-order valence-corrected chi connectivity index (χ2v) is 5.74. The minimum absolute atomic E-state index is 0.320. The molecule has 0 radical (unpaired) electrons. The lowest BCUT2D eigenvalue weighted by Gasteiger charge is -2.05. The van der Waals surface area contributed by atoms with Crippen LogP contribution in [0, 0.1) is 13.8 Å². The largest absolute Gasteiger partial charge is 0.477 e. The number of rotatable bonds is 4. The molecule has 0 aliphatic heterocycles. The minimum atomic E-state index is -0.906. The lowest BCUT2D eigenvalue weighted by molar-refractivity contribution is 0.0702. The van der Waals surface area contributed by atoms with Crippen LogP contribution in [0.25, 0.3) is 0 Å². The Kier molecular flexibility index (Phi) is 4.20. The van der Waals surface area contributed by atoms with Crippen molar-refractivity contribution in [1.29, 1.82) is 0 Å². The van der Waals surface area contributed by atoms with E-state index in [2.05, 4.69) is 16.6 Å². The van der Waals surface area contributed by atoms with Crippen LogP contribution in [-0.2, 0) is 0 Å². The third-order valence-corrected chi connectivity index (χ3v) is 3.93. The Labute approximate surface area is 121 Å². The monoisotopic (exact) mass is 288 g/mol. The average Bonchev–Trinajstić information content (AvgIpc) is 2.84. The molecule has 1 heterocycles. The van der Waals surface area contributed by atoms with Gasteiger partial charge in [-0.1, -0.05) is 6.07 Å². The van der Waals surface area contributed by atoms with Crippen molar-refractivity contribution in [3.8, 4) is 0 Å². The van der Waals surface area contributed by atoms with E-state index in [1.165, 1.54) is 22.5 Å². The highest BCUT2D eigenvalue weighted by atomic mass is 32.1. The Morgan fingerprint density at radius 3 is 2.30 bits per heavy atom. The van der Waals surface area contributed by atoms with Crippen molar-refractivity contribution in [1.82, 2.24) is 0 Å². The number of nitrogens with zero attached hydrogens (tertiary/aromatic N) is 1. The average molecular weight is 288 g/mol. The molecule has 0 saturated carbocycles. The Balaban J connectivity index is 2.15. The van der Waals surface area contributed by atoms with Crippen molar-refractivity contribution < 1.29 is 9.90 Å².